The SMILES string of the molecule is C=C(CC/C=C(\C)CC(CC)c1ccccc1)C(CCC(C)c1ccccc1)C(CC(=O)CCCCC)C(O)O. The van der Waals surface area contributed by atoms with Crippen molar-refractivity contribution in [2.45, 2.75) is 116 Å². The van der Waals surface area contributed by atoms with E-state index >= 15 is 0 Å². The summed E-state index contributed by atoms with van der Waals surface area (Å²) >= 11 is 0. The minimum absolute atomic E-state index is 0.109. The lowest BCUT2D eigenvalue weighted by atomic mass is 9.76. The molecule has 0 fully saturated rings. The van der Waals surface area contributed by atoms with Gasteiger partial charge in [0, 0.05) is 18.8 Å². The van der Waals surface area contributed by atoms with Crippen molar-refractivity contribution < 1.29 is 15.0 Å². The summed E-state index contributed by atoms with van der Waals surface area (Å²) in [5.74, 6) is 0.363. The van der Waals surface area contributed by atoms with Gasteiger partial charge < -0.3 is 10.2 Å². The highest BCUT2D eigenvalue weighted by atomic mass is 16.5. The zero-order chi connectivity index (χ0) is 29.3. The van der Waals surface area contributed by atoms with Crippen LogP contribution >= 0.6 is 0 Å². The van der Waals surface area contributed by atoms with Crippen LogP contribution < -0.4 is 0 Å². The maximum Gasteiger partial charge on any atom is 0.155 e. The molecular formula is C37H54O3. The molecule has 2 aromatic carbocycles. The second-order valence-electron chi connectivity index (χ2n) is 11.7. The van der Waals surface area contributed by atoms with Crippen molar-refractivity contribution in [3.8, 4) is 0 Å². The molecule has 0 heterocycles. The molecule has 0 radical (unpaired) electrons. The Labute approximate surface area is 244 Å². The van der Waals surface area contributed by atoms with Gasteiger partial charge in [-0.25, -0.2) is 0 Å². The molecule has 4 atom stereocenters. The molecule has 0 amide bonds. The lowest BCUT2D eigenvalue weighted by Gasteiger charge is -2.31. The zero-order valence-corrected chi connectivity index (χ0v) is 25.5. The van der Waals surface area contributed by atoms with E-state index in [0.29, 0.717) is 18.3 Å². The average molecular weight is 547 g/mol. The van der Waals surface area contributed by atoms with Crippen LogP contribution in [-0.4, -0.2) is 22.3 Å². The van der Waals surface area contributed by atoms with Crippen LogP contribution in [0.4, 0.5) is 0 Å². The number of benzene rings is 2. The molecule has 0 aliphatic heterocycles. The molecule has 3 nitrogen and oxygen atoms in total. The largest absolute Gasteiger partial charge is 0.368 e. The van der Waals surface area contributed by atoms with Crippen molar-refractivity contribution in [3.05, 3.63) is 95.6 Å². The van der Waals surface area contributed by atoms with Crippen molar-refractivity contribution in [1.29, 1.82) is 0 Å². The number of ketones is 1. The van der Waals surface area contributed by atoms with Crippen LogP contribution in [0.5, 0.6) is 0 Å². The fourth-order valence-corrected chi connectivity index (χ4v) is 5.88. The van der Waals surface area contributed by atoms with Crippen LogP contribution in [0.2, 0.25) is 0 Å². The number of allylic oxidation sites excluding steroid dienone is 3. The number of carbonyl (C=O) groups is 1. The van der Waals surface area contributed by atoms with Crippen molar-refractivity contribution in [3.63, 3.8) is 0 Å². The Bertz CT molecular complexity index is 1010. The molecule has 2 rings (SSSR count). The quantitative estimate of drug-likeness (QED) is 0.0987. The number of unbranched alkanes of at least 4 members (excludes halogenated alkanes) is 2. The van der Waals surface area contributed by atoms with Crippen LogP contribution in [-0.2, 0) is 4.79 Å². The van der Waals surface area contributed by atoms with Crippen molar-refractivity contribution >= 4 is 5.78 Å². The van der Waals surface area contributed by atoms with Gasteiger partial charge in [0.1, 0.15) is 5.78 Å². The topological polar surface area (TPSA) is 57.5 Å². The normalized spacial score (nSPS) is 15.0. The van der Waals surface area contributed by atoms with Gasteiger partial charge in [0.25, 0.3) is 0 Å². The van der Waals surface area contributed by atoms with E-state index in [4.69, 9.17) is 0 Å². The van der Waals surface area contributed by atoms with Crippen LogP contribution in [0.15, 0.2) is 84.5 Å². The van der Waals surface area contributed by atoms with Crippen LogP contribution in [0, 0.1) is 11.8 Å². The van der Waals surface area contributed by atoms with E-state index in [1.165, 1.54) is 16.7 Å². The lowest BCUT2D eigenvalue weighted by molar-refractivity contribution is -0.130. The lowest BCUT2D eigenvalue weighted by Crippen LogP contribution is -2.31. The summed E-state index contributed by atoms with van der Waals surface area (Å²) in [5.41, 5.74) is 5.07. The second kappa shape index (κ2) is 18.8. The fourth-order valence-electron chi connectivity index (χ4n) is 5.88. The Kier molecular flexibility index (Phi) is 15.8. The highest BCUT2D eigenvalue weighted by Crippen LogP contribution is 2.36. The van der Waals surface area contributed by atoms with Gasteiger partial charge in [-0.05, 0) is 80.8 Å². The molecule has 2 aromatic rings. The predicted molar refractivity (Wildman–Crippen MR) is 169 cm³/mol. The maximum absolute atomic E-state index is 12.8. The monoisotopic (exact) mass is 546 g/mol. The molecule has 2 N–H and O–H groups in total. The molecule has 0 aromatic heterocycles. The molecule has 0 aliphatic carbocycles. The molecule has 0 saturated carbocycles. The van der Waals surface area contributed by atoms with Gasteiger partial charge in [-0.3, -0.25) is 4.79 Å². The standard InChI is InChI=1S/C37H54O3/c1-6-8-11-23-34(38)27-36(37(39)40)35(25-24-29(4)32-19-12-9-13-20-32)30(5)18-16-17-28(3)26-31(7-2)33-21-14-10-15-22-33/h9-10,12-15,17,19-22,29,31,35-37,39-40H,5-8,11,16,18,23-27H2,1-4H3/b28-17+. The Hall–Kier alpha value is -2.49. The van der Waals surface area contributed by atoms with Gasteiger partial charge in [0.15, 0.2) is 6.29 Å². The highest BCUT2D eigenvalue weighted by molar-refractivity contribution is 5.78. The van der Waals surface area contributed by atoms with Gasteiger partial charge in [0.05, 0.1) is 0 Å². The van der Waals surface area contributed by atoms with E-state index in [1.807, 2.05) is 6.07 Å². The molecule has 0 spiro atoms. The molecule has 3 heteroatoms. The number of Topliss-reactive ketones (excluding diaryl/α,β-unsaturated/α-hetero) is 1. The smallest absolute Gasteiger partial charge is 0.155 e. The Morgan fingerprint density at radius 2 is 1.50 bits per heavy atom. The van der Waals surface area contributed by atoms with E-state index in [2.05, 4.69) is 94.9 Å². The Balaban J connectivity index is 2.09. The molecule has 0 saturated heterocycles. The summed E-state index contributed by atoms with van der Waals surface area (Å²) in [5, 5.41) is 20.9. The number of hydrogen-bond acceptors (Lipinski definition) is 3. The summed E-state index contributed by atoms with van der Waals surface area (Å²) in [4.78, 5) is 12.8. The number of aliphatic hydroxyl groups excluding tert-OH is 1. The molecule has 220 valence electrons. The third-order valence-corrected chi connectivity index (χ3v) is 8.52. The van der Waals surface area contributed by atoms with Gasteiger partial charge >= 0.3 is 0 Å². The van der Waals surface area contributed by atoms with E-state index in [-0.39, 0.29) is 18.1 Å². The third kappa shape index (κ3) is 11.9. The molecule has 0 bridgehead atoms. The van der Waals surface area contributed by atoms with Crippen LogP contribution in [0.25, 0.3) is 0 Å². The van der Waals surface area contributed by atoms with E-state index < -0.39 is 12.2 Å². The van der Waals surface area contributed by atoms with Crippen molar-refractivity contribution in [2.24, 2.45) is 11.8 Å². The van der Waals surface area contributed by atoms with Crippen molar-refractivity contribution in [2.75, 3.05) is 0 Å². The maximum atomic E-state index is 12.8. The predicted octanol–water partition coefficient (Wildman–Crippen LogP) is 9.52. The molecule has 40 heavy (non-hydrogen) atoms. The molecule has 4 unspecified atom stereocenters. The number of hydrogen-bond donors (Lipinski definition) is 2. The minimum Gasteiger partial charge on any atom is -0.368 e. The van der Waals surface area contributed by atoms with E-state index in [0.717, 1.165) is 63.4 Å². The highest BCUT2D eigenvalue weighted by Gasteiger charge is 2.31. The first-order chi connectivity index (χ1) is 19.3. The van der Waals surface area contributed by atoms with E-state index in [9.17, 15) is 15.0 Å². The summed E-state index contributed by atoms with van der Waals surface area (Å²) < 4.78 is 0. The van der Waals surface area contributed by atoms with Gasteiger partial charge in [-0.2, -0.15) is 0 Å². The Morgan fingerprint density at radius 1 is 0.875 bits per heavy atom. The van der Waals surface area contributed by atoms with Gasteiger partial charge in [0.2, 0.25) is 0 Å². The van der Waals surface area contributed by atoms with Crippen LogP contribution in [0.3, 0.4) is 0 Å². The average Bonchev–Trinajstić information content (AvgIpc) is 2.96. The summed E-state index contributed by atoms with van der Waals surface area (Å²) in [6, 6.07) is 21.2. The number of rotatable bonds is 20. The summed E-state index contributed by atoms with van der Waals surface area (Å²) in [7, 11) is 0. The summed E-state index contributed by atoms with van der Waals surface area (Å²) in [6.45, 7) is 13.3. The second-order valence-corrected chi connectivity index (χ2v) is 11.7. The fraction of sp³-hybridized carbons (Fsp3) is 0.541. The van der Waals surface area contributed by atoms with Crippen LogP contribution in [0.1, 0.15) is 121 Å². The number of carbonyl (C=O) groups excluding carboxylic acids is 1. The van der Waals surface area contributed by atoms with Crippen molar-refractivity contribution in [1.82, 2.24) is 0 Å². The minimum atomic E-state index is -1.53. The molecular weight excluding hydrogens is 492 g/mol. The Morgan fingerprint density at radius 3 is 2.08 bits per heavy atom. The first-order valence-electron chi connectivity index (χ1n) is 15.6. The first-order valence-corrected chi connectivity index (χ1v) is 15.6. The third-order valence-electron chi connectivity index (χ3n) is 8.52. The first kappa shape index (κ1) is 33.7. The summed E-state index contributed by atoms with van der Waals surface area (Å²) in [6.07, 6.45) is 9.96. The van der Waals surface area contributed by atoms with Gasteiger partial charge in [-0.1, -0.05) is 118 Å². The molecule has 0 aliphatic rings. The zero-order valence-electron chi connectivity index (χ0n) is 25.5. The number of aliphatic hydroxyl groups is 2. The van der Waals surface area contributed by atoms with Gasteiger partial charge in [-0.15, -0.1) is 0 Å². The van der Waals surface area contributed by atoms with E-state index in [1.54, 1.807) is 0 Å².